The van der Waals surface area contributed by atoms with Crippen molar-refractivity contribution in [2.45, 2.75) is 145 Å². The molecule has 14 rings (SSSR count). The highest BCUT2D eigenvalue weighted by Gasteiger charge is 2.22. The lowest BCUT2D eigenvalue weighted by molar-refractivity contribution is -0.660. The first-order valence-corrected chi connectivity index (χ1v) is 38.9. The van der Waals surface area contributed by atoms with Crippen molar-refractivity contribution >= 4 is 0 Å². The van der Waals surface area contributed by atoms with Gasteiger partial charge in [-0.1, -0.05) is 107 Å². The summed E-state index contributed by atoms with van der Waals surface area (Å²) in [7, 11) is 14.5. The highest BCUT2D eigenvalue weighted by atomic mass is 14.9. The quantitative estimate of drug-likeness (QED) is 0.142. The van der Waals surface area contributed by atoms with Gasteiger partial charge in [0, 0.05) is 124 Å². The Kier molecular flexibility index (Phi) is 27.3. The molecular weight excluding hydrogens is 1360 g/mol. The molecule has 112 heavy (non-hydrogen) atoms. The van der Waals surface area contributed by atoms with Gasteiger partial charge in [-0.25, -0.2) is 32.0 Å². The average Bonchev–Trinajstić information content (AvgIpc) is 0.792. The smallest absolute Gasteiger partial charge is 0.201 e. The molecule has 0 N–H and O–H groups in total. The van der Waals surface area contributed by atoms with E-state index >= 15 is 0 Å². The van der Waals surface area contributed by atoms with E-state index in [1.807, 2.05) is 88.2 Å². The van der Waals surface area contributed by atoms with Crippen LogP contribution in [-0.2, 0) is 49.3 Å². The second-order valence-corrected chi connectivity index (χ2v) is 30.5. The Balaban J connectivity index is 0.000000172. The molecule has 574 valence electrons. The normalized spacial score (nSPS) is 11.5. The molecule has 7 aromatic heterocycles. The summed E-state index contributed by atoms with van der Waals surface area (Å²) < 4.78 is 60.2. The van der Waals surface area contributed by atoms with Crippen molar-refractivity contribution in [2.24, 2.45) is 49.3 Å². The molecule has 14 aromatic rings. The molecule has 7 aromatic carbocycles. The van der Waals surface area contributed by atoms with E-state index < -0.39 is 13.7 Å². The van der Waals surface area contributed by atoms with Crippen LogP contribution in [0.3, 0.4) is 0 Å². The van der Waals surface area contributed by atoms with Crippen LogP contribution in [0.25, 0.3) is 78.8 Å². The minimum atomic E-state index is -2.07. The van der Waals surface area contributed by atoms with Crippen molar-refractivity contribution in [2.75, 3.05) is 0 Å². The Labute approximate surface area is 682 Å². The Hall–Kier alpha value is -11.4. The van der Waals surface area contributed by atoms with Crippen LogP contribution in [0, 0.1) is 145 Å². The van der Waals surface area contributed by atoms with Gasteiger partial charge in [0.15, 0.2) is 43.4 Å². The Morgan fingerprint density at radius 3 is 0.848 bits per heavy atom. The summed E-state index contributed by atoms with van der Waals surface area (Å²) in [4.78, 5) is 0. The Morgan fingerprint density at radius 1 is 0.188 bits per heavy atom. The van der Waals surface area contributed by atoms with E-state index in [-0.39, 0.29) is 0 Å². The summed E-state index contributed by atoms with van der Waals surface area (Å²) in [6, 6.07) is 73.0. The van der Waals surface area contributed by atoms with Gasteiger partial charge in [0.2, 0.25) is 39.9 Å². The molecular formula is C105H126N7+7. The largest absolute Gasteiger partial charge is 0.215 e. The van der Waals surface area contributed by atoms with E-state index in [1.165, 1.54) is 145 Å². The highest BCUT2D eigenvalue weighted by Crippen LogP contribution is 2.32. The van der Waals surface area contributed by atoms with E-state index in [0.717, 1.165) is 39.2 Å². The first-order valence-electron chi connectivity index (χ1n) is 41.9. The summed E-state index contributed by atoms with van der Waals surface area (Å²) in [6.07, 6.45) is 14.5. The second kappa shape index (κ2) is 39.5. The third-order valence-electron chi connectivity index (χ3n) is 21.4. The number of nitrogens with zero attached hydrogens (tertiary/aromatic N) is 7. The third-order valence-corrected chi connectivity index (χ3v) is 21.4. The van der Waals surface area contributed by atoms with Crippen LogP contribution in [0.1, 0.15) is 125 Å². The zero-order valence-electron chi connectivity index (χ0n) is 77.9. The second-order valence-electron chi connectivity index (χ2n) is 30.5. The monoisotopic (exact) mass is 1490 g/mol. The van der Waals surface area contributed by atoms with E-state index in [1.54, 1.807) is 18.2 Å². The van der Waals surface area contributed by atoms with Crippen molar-refractivity contribution < 1.29 is 40.2 Å². The lowest BCUT2D eigenvalue weighted by Crippen LogP contribution is -2.31. The summed E-state index contributed by atoms with van der Waals surface area (Å²) in [5.41, 5.74) is 42.4. The Morgan fingerprint density at radius 2 is 0.482 bits per heavy atom. The molecule has 0 bridgehead atoms. The average molecular weight is 1490 g/mol. The van der Waals surface area contributed by atoms with Crippen LogP contribution in [0.4, 0.5) is 0 Å². The van der Waals surface area contributed by atoms with Crippen LogP contribution in [-0.4, -0.2) is 0 Å². The van der Waals surface area contributed by atoms with E-state index in [4.69, 9.17) is 8.22 Å². The topological polar surface area (TPSA) is 27.2 Å². The van der Waals surface area contributed by atoms with E-state index in [9.17, 15) is 0 Å². The number of hydrogen-bond donors (Lipinski definition) is 0. The first kappa shape index (κ1) is 77.3. The lowest BCUT2D eigenvalue weighted by atomic mass is 9.95. The molecule has 0 radical (unpaired) electrons. The van der Waals surface area contributed by atoms with E-state index in [0.29, 0.717) is 11.1 Å². The van der Waals surface area contributed by atoms with Crippen molar-refractivity contribution in [1.82, 2.24) is 0 Å². The van der Waals surface area contributed by atoms with Crippen LogP contribution in [0.5, 0.6) is 0 Å². The maximum atomic E-state index is 7.61. The van der Waals surface area contributed by atoms with Gasteiger partial charge in [-0.3, -0.25) is 0 Å². The zero-order valence-corrected chi connectivity index (χ0v) is 71.9. The number of aromatic nitrogens is 7. The van der Waals surface area contributed by atoms with Gasteiger partial charge in [0.1, 0.15) is 49.3 Å². The van der Waals surface area contributed by atoms with Gasteiger partial charge in [0.05, 0.1) is 5.56 Å². The van der Waals surface area contributed by atoms with Crippen molar-refractivity contribution in [3.8, 4) is 78.8 Å². The van der Waals surface area contributed by atoms with Gasteiger partial charge in [0.25, 0.3) is 0 Å². The molecule has 0 unspecified atom stereocenters. The predicted octanol–water partition coefficient (Wildman–Crippen LogP) is 21.7. The predicted molar refractivity (Wildman–Crippen MR) is 471 cm³/mol. The van der Waals surface area contributed by atoms with Gasteiger partial charge in [-0.15, -0.1) is 0 Å². The van der Waals surface area contributed by atoms with Gasteiger partial charge in [-0.2, -0.15) is 0 Å². The molecule has 0 fully saturated rings. The van der Waals surface area contributed by atoms with Crippen LogP contribution >= 0.6 is 0 Å². The molecule has 0 aliphatic heterocycles. The SMILES string of the molecule is Cc1ccc(-c2c(C)ccc[n+]2C)c(C)c1.Cc1ccc(C)c(-c2c(C)ccc[n+]2C)c1.Cc1ccc(C)c(-c2c(C)ccc[n+]2C)c1.Cc1ccc(C)c(-c2cccc[n+]2C)c1C.Cc1cccc(-c2c(C)ccc[n+]2C)c1C.[2H]C([2H])([2H])c1ccc(-c2c(C)ccc[n+]2C)c(C)c1.[2H]C([2H])([2H])c1cccc(-c2c(C)ccc[n+]2C)c1C. The molecule has 7 heteroatoms. The number of pyridine rings is 7. The summed E-state index contributed by atoms with van der Waals surface area (Å²) in [5, 5.41) is 0. The zero-order chi connectivity index (χ0) is 86.9. The maximum absolute atomic E-state index is 7.61. The number of aryl methyl sites for hydroxylation is 25. The number of benzene rings is 7. The fourth-order valence-corrected chi connectivity index (χ4v) is 14.9. The van der Waals surface area contributed by atoms with Crippen LogP contribution in [0.2, 0.25) is 0 Å². The maximum Gasteiger partial charge on any atom is 0.215 e. The van der Waals surface area contributed by atoms with Gasteiger partial charge >= 0.3 is 0 Å². The highest BCUT2D eigenvalue weighted by molar-refractivity contribution is 5.71. The minimum Gasteiger partial charge on any atom is -0.201 e. The van der Waals surface area contributed by atoms with Gasteiger partial charge in [-0.05, 0) is 285 Å². The van der Waals surface area contributed by atoms with Gasteiger partial charge < -0.3 is 0 Å². The first-order chi connectivity index (χ1) is 55.6. The molecule has 7 heterocycles. The molecule has 0 aliphatic carbocycles. The minimum absolute atomic E-state index is 0.394. The molecule has 0 spiro atoms. The number of hydrogen-bond acceptors (Lipinski definition) is 0. The fourth-order valence-electron chi connectivity index (χ4n) is 14.9. The van der Waals surface area contributed by atoms with Crippen molar-refractivity contribution in [3.63, 3.8) is 0 Å². The number of rotatable bonds is 7. The summed E-state index contributed by atoms with van der Waals surface area (Å²) in [6.45, 7) is 36.3. The summed E-state index contributed by atoms with van der Waals surface area (Å²) in [5.74, 6) is 0. The third kappa shape index (κ3) is 21.6. The molecule has 0 saturated heterocycles. The molecule has 7 nitrogen and oxygen atoms in total. The van der Waals surface area contributed by atoms with Crippen LogP contribution < -0.4 is 32.0 Å². The Bertz CT molecular complexity index is 5600. The van der Waals surface area contributed by atoms with E-state index in [2.05, 4.69) is 362 Å². The molecule has 0 atom stereocenters. The standard InChI is InChI=1S/7C15H18N/c2*1-11-7-5-9-14(13(11)3)15-12(2)8-6-10-16(15)4;2*1-11-7-8-12(2)14(10-11)15-13(3)6-5-9-16(15)4;2*1-11-7-8-14(13(3)10-11)15-12(2)6-5-9-16(15)4;1-11-8-9-12(2)15(13(11)3)14-7-5-6-10-16(14)4/h7*5-10H,1-4H3/q7*+1/i1D3;;;;1D3;;. The van der Waals surface area contributed by atoms with Crippen molar-refractivity contribution in [3.05, 3.63) is 373 Å². The lowest BCUT2D eigenvalue weighted by Gasteiger charge is -2.10. The summed E-state index contributed by atoms with van der Waals surface area (Å²) >= 11 is 0. The molecule has 0 saturated carbocycles. The fraction of sp³-hybridized carbons (Fsp3) is 0.267. The van der Waals surface area contributed by atoms with Crippen molar-refractivity contribution in [1.29, 1.82) is 0 Å². The van der Waals surface area contributed by atoms with Crippen LogP contribution in [0.15, 0.2) is 256 Å². The molecule has 0 amide bonds. The molecule has 0 aliphatic rings.